The van der Waals surface area contributed by atoms with Crippen LogP contribution in [0, 0.1) is 0 Å². The highest BCUT2D eigenvalue weighted by Gasteiger charge is 2.36. The Morgan fingerprint density at radius 3 is 2.17 bits per heavy atom. The van der Waals surface area contributed by atoms with Crippen LogP contribution in [0.15, 0.2) is 54.6 Å². The summed E-state index contributed by atoms with van der Waals surface area (Å²) in [5.41, 5.74) is 2.88. The second-order valence-electron chi connectivity index (χ2n) is 13.0. The summed E-state index contributed by atoms with van der Waals surface area (Å²) in [5, 5.41) is 8.68. The number of nitrogens with zero attached hydrogens (tertiary/aromatic N) is 4. The van der Waals surface area contributed by atoms with E-state index in [1.54, 1.807) is 4.90 Å². The fourth-order valence-electron chi connectivity index (χ4n) is 7.39. The van der Waals surface area contributed by atoms with E-state index in [1.165, 1.54) is 19.3 Å². The summed E-state index contributed by atoms with van der Waals surface area (Å²) in [4.78, 5) is 61.3. The van der Waals surface area contributed by atoms with Crippen LogP contribution in [0.5, 0.6) is 0 Å². The number of carbonyl (C=O) groups is 4. The average molecular weight is 630 g/mol. The molecule has 11 nitrogen and oxygen atoms in total. The molecule has 4 aliphatic heterocycles. The molecule has 0 saturated carbocycles. The van der Waals surface area contributed by atoms with E-state index in [2.05, 4.69) is 20.9 Å². The topological polar surface area (TPSA) is 117 Å². The lowest BCUT2D eigenvalue weighted by Gasteiger charge is -2.41. The number of piperidine rings is 3. The van der Waals surface area contributed by atoms with E-state index in [1.807, 2.05) is 64.4 Å². The normalized spacial score (nSPS) is 20.4. The van der Waals surface area contributed by atoms with E-state index in [0.29, 0.717) is 58.2 Å². The van der Waals surface area contributed by atoms with Crippen molar-refractivity contribution in [2.24, 2.45) is 0 Å². The number of fused-ring (bicyclic) bond motifs is 1. The van der Waals surface area contributed by atoms with Crippen molar-refractivity contribution in [3.8, 4) is 0 Å². The highest BCUT2D eigenvalue weighted by molar-refractivity contribution is 5.93. The van der Waals surface area contributed by atoms with Gasteiger partial charge in [-0.15, -0.1) is 0 Å². The number of anilines is 1. The number of hydrogen-bond donors (Lipinski definition) is 3. The third kappa shape index (κ3) is 7.81. The van der Waals surface area contributed by atoms with Gasteiger partial charge in [0.15, 0.2) is 0 Å². The molecule has 0 unspecified atom stereocenters. The third-order valence-corrected chi connectivity index (χ3v) is 10.1. The predicted molar refractivity (Wildman–Crippen MR) is 176 cm³/mol. The first kappa shape index (κ1) is 31.8. The minimum absolute atomic E-state index is 0.0259. The van der Waals surface area contributed by atoms with Gasteiger partial charge >= 0.3 is 12.1 Å². The van der Waals surface area contributed by atoms with Gasteiger partial charge in [0.2, 0.25) is 11.8 Å². The summed E-state index contributed by atoms with van der Waals surface area (Å²) in [6, 6.07) is 16.4. The molecule has 1 atom stereocenters. The predicted octanol–water partition coefficient (Wildman–Crippen LogP) is 3.76. The first-order chi connectivity index (χ1) is 22.4. The Morgan fingerprint density at radius 1 is 0.783 bits per heavy atom. The van der Waals surface area contributed by atoms with Crippen LogP contribution in [0.25, 0.3) is 0 Å². The van der Waals surface area contributed by atoms with Crippen LogP contribution in [0.1, 0.15) is 62.5 Å². The van der Waals surface area contributed by atoms with Crippen molar-refractivity contribution < 1.29 is 19.2 Å². The summed E-state index contributed by atoms with van der Waals surface area (Å²) in [6.45, 7) is 5.39. The molecular weight excluding hydrogens is 582 g/mol. The van der Waals surface area contributed by atoms with Gasteiger partial charge in [0, 0.05) is 57.0 Å². The van der Waals surface area contributed by atoms with Gasteiger partial charge in [-0.25, -0.2) is 9.59 Å². The molecule has 246 valence electrons. The Kier molecular flexibility index (Phi) is 10.4. The fraction of sp³-hybridized carbons (Fsp3) is 0.543. The maximum atomic E-state index is 13.9. The molecule has 2 aromatic carbocycles. The lowest BCUT2D eigenvalue weighted by Crippen LogP contribution is -2.56. The molecule has 3 fully saturated rings. The number of carbonyl (C=O) groups excluding carboxylic acids is 4. The molecule has 0 aliphatic carbocycles. The monoisotopic (exact) mass is 629 g/mol. The molecule has 3 saturated heterocycles. The van der Waals surface area contributed by atoms with Crippen molar-refractivity contribution in [1.82, 2.24) is 30.2 Å². The third-order valence-electron chi connectivity index (χ3n) is 10.1. The van der Waals surface area contributed by atoms with E-state index in [-0.39, 0.29) is 30.3 Å². The SMILES string of the molecule is O=C(NCc1ccccc1)N[C@H](CC(=O)N1CCC(N2Cc3ccccc3NC2=O)CC1)C(=O)N1CCC(N2CCCCC2)CC1. The molecule has 0 radical (unpaired) electrons. The molecule has 2 aromatic rings. The molecule has 0 bridgehead atoms. The molecule has 6 amide bonds. The molecule has 0 aromatic heterocycles. The smallest absolute Gasteiger partial charge is 0.322 e. The number of nitrogens with one attached hydrogen (secondary N) is 3. The Hall–Kier alpha value is -4.12. The molecular formula is C35H47N7O4. The van der Waals surface area contributed by atoms with Crippen molar-refractivity contribution in [2.75, 3.05) is 44.6 Å². The minimum atomic E-state index is -0.947. The first-order valence-electron chi connectivity index (χ1n) is 17.0. The van der Waals surface area contributed by atoms with Crippen LogP contribution in [-0.2, 0) is 22.7 Å². The summed E-state index contributed by atoms with van der Waals surface area (Å²) < 4.78 is 0. The van der Waals surface area contributed by atoms with Crippen LogP contribution in [0.4, 0.5) is 15.3 Å². The largest absolute Gasteiger partial charge is 0.342 e. The first-order valence-corrected chi connectivity index (χ1v) is 17.0. The van der Waals surface area contributed by atoms with Gasteiger partial charge in [0.1, 0.15) is 6.04 Å². The molecule has 0 spiro atoms. The number of para-hydroxylation sites is 1. The number of benzene rings is 2. The molecule has 3 N–H and O–H groups in total. The Morgan fingerprint density at radius 2 is 1.43 bits per heavy atom. The number of amides is 6. The lowest BCUT2D eigenvalue weighted by molar-refractivity contribution is -0.140. The highest BCUT2D eigenvalue weighted by Crippen LogP contribution is 2.28. The van der Waals surface area contributed by atoms with Gasteiger partial charge in [0.05, 0.1) is 6.42 Å². The standard InChI is InChI=1S/C35H47N7O4/c43-32(40-19-15-29(16-20-40)42-25-27-11-5-6-12-30(27)38-35(42)46)23-31(37-34(45)36-24-26-9-3-1-4-10-26)33(44)41-21-13-28(14-22-41)39-17-7-2-8-18-39/h1,3-6,9-12,28-29,31H,2,7-8,13-25H2,(H,38,46)(H2,36,37,45)/t31-/m1/s1. The zero-order valence-corrected chi connectivity index (χ0v) is 26.7. The molecule has 4 aliphatic rings. The second-order valence-corrected chi connectivity index (χ2v) is 13.0. The van der Waals surface area contributed by atoms with Gasteiger partial charge in [-0.1, -0.05) is 55.0 Å². The van der Waals surface area contributed by atoms with Gasteiger partial charge in [-0.05, 0) is 68.8 Å². The Bertz CT molecular complexity index is 1370. The summed E-state index contributed by atoms with van der Waals surface area (Å²) in [7, 11) is 0. The van der Waals surface area contributed by atoms with Crippen molar-refractivity contribution in [3.05, 3.63) is 65.7 Å². The quantitative estimate of drug-likeness (QED) is 0.411. The summed E-state index contributed by atoms with van der Waals surface area (Å²) >= 11 is 0. The van der Waals surface area contributed by atoms with Gasteiger partial charge in [-0.2, -0.15) is 0 Å². The zero-order chi connectivity index (χ0) is 31.9. The average Bonchev–Trinajstić information content (AvgIpc) is 3.11. The Balaban J connectivity index is 1.05. The molecule has 11 heteroatoms. The van der Waals surface area contributed by atoms with E-state index in [4.69, 9.17) is 0 Å². The van der Waals surface area contributed by atoms with Crippen molar-refractivity contribution in [2.45, 2.75) is 82.6 Å². The van der Waals surface area contributed by atoms with Crippen molar-refractivity contribution >= 4 is 29.6 Å². The van der Waals surface area contributed by atoms with Crippen molar-refractivity contribution in [1.29, 1.82) is 0 Å². The summed E-state index contributed by atoms with van der Waals surface area (Å²) in [6.07, 6.45) is 6.82. The van der Waals surface area contributed by atoms with E-state index < -0.39 is 12.1 Å². The van der Waals surface area contributed by atoms with E-state index in [9.17, 15) is 19.2 Å². The number of rotatable bonds is 8. The number of urea groups is 2. The Labute approximate surface area is 271 Å². The molecule has 46 heavy (non-hydrogen) atoms. The summed E-state index contributed by atoms with van der Waals surface area (Å²) in [5.74, 6) is -0.351. The van der Waals surface area contributed by atoms with Crippen LogP contribution in [0.2, 0.25) is 0 Å². The van der Waals surface area contributed by atoms with Crippen molar-refractivity contribution in [3.63, 3.8) is 0 Å². The minimum Gasteiger partial charge on any atom is -0.342 e. The number of likely N-dealkylation sites (tertiary alicyclic amines) is 3. The van der Waals surface area contributed by atoms with E-state index in [0.717, 1.165) is 42.7 Å². The number of hydrogen-bond acceptors (Lipinski definition) is 5. The molecule has 6 rings (SSSR count). The molecule has 4 heterocycles. The fourth-order valence-corrected chi connectivity index (χ4v) is 7.39. The van der Waals surface area contributed by atoms with E-state index >= 15 is 0 Å². The highest BCUT2D eigenvalue weighted by atomic mass is 16.2. The van der Waals surface area contributed by atoms with Crippen LogP contribution < -0.4 is 16.0 Å². The maximum Gasteiger partial charge on any atom is 0.322 e. The van der Waals surface area contributed by atoms with Gasteiger partial charge in [-0.3, -0.25) is 9.59 Å². The second kappa shape index (κ2) is 15.0. The van der Waals surface area contributed by atoms with Crippen LogP contribution in [-0.4, -0.2) is 101 Å². The van der Waals surface area contributed by atoms with Crippen LogP contribution in [0.3, 0.4) is 0 Å². The lowest BCUT2D eigenvalue weighted by atomic mass is 9.98. The van der Waals surface area contributed by atoms with Gasteiger partial charge in [0.25, 0.3) is 0 Å². The van der Waals surface area contributed by atoms with Crippen LogP contribution >= 0.6 is 0 Å². The van der Waals surface area contributed by atoms with Gasteiger partial charge < -0.3 is 35.6 Å². The zero-order valence-electron chi connectivity index (χ0n) is 26.7. The maximum absolute atomic E-state index is 13.9.